The van der Waals surface area contributed by atoms with Crippen molar-refractivity contribution in [2.24, 2.45) is 0 Å². The lowest BCUT2D eigenvalue weighted by Crippen LogP contribution is -2.43. The predicted octanol–water partition coefficient (Wildman–Crippen LogP) is 1.98. The minimum atomic E-state index is -0.757. The molecule has 0 aliphatic heterocycles. The van der Waals surface area contributed by atoms with Gasteiger partial charge in [-0.05, 0) is 31.4 Å². The number of esters is 1. The first kappa shape index (κ1) is 25.7. The van der Waals surface area contributed by atoms with Gasteiger partial charge in [0.2, 0.25) is 0 Å². The summed E-state index contributed by atoms with van der Waals surface area (Å²) in [7, 11) is 0. The Morgan fingerprint density at radius 2 is 1.88 bits per heavy atom. The third kappa shape index (κ3) is 6.96. The second-order valence-electron chi connectivity index (χ2n) is 7.57. The number of ether oxygens (including phenoxy) is 2. The lowest BCUT2D eigenvalue weighted by Gasteiger charge is -2.24. The molecule has 3 N–H and O–H groups in total. The van der Waals surface area contributed by atoms with Crippen molar-refractivity contribution in [1.29, 1.82) is 0 Å². The van der Waals surface area contributed by atoms with E-state index in [4.69, 9.17) is 15.2 Å². The topological polar surface area (TPSA) is 137 Å². The highest BCUT2D eigenvalue weighted by Gasteiger charge is 2.24. The van der Waals surface area contributed by atoms with Crippen LogP contribution in [0.5, 0.6) is 5.75 Å². The van der Waals surface area contributed by atoms with E-state index in [-0.39, 0.29) is 31.1 Å². The molecule has 0 bridgehead atoms. The first-order valence-electron chi connectivity index (χ1n) is 11.1. The van der Waals surface area contributed by atoms with E-state index in [2.05, 4.69) is 4.98 Å². The zero-order valence-corrected chi connectivity index (χ0v) is 19.4. The van der Waals surface area contributed by atoms with Gasteiger partial charge in [-0.15, -0.1) is 0 Å². The molecule has 2 aromatic rings. The molecule has 10 heteroatoms. The van der Waals surface area contributed by atoms with Crippen LogP contribution in [-0.4, -0.2) is 41.2 Å². The fourth-order valence-electron chi connectivity index (χ4n) is 3.22. The number of carbonyl (C=O) groups is 2. The maximum absolute atomic E-state index is 12.9. The van der Waals surface area contributed by atoms with Crippen molar-refractivity contribution < 1.29 is 19.1 Å². The van der Waals surface area contributed by atoms with Gasteiger partial charge in [0, 0.05) is 13.1 Å². The largest absolute Gasteiger partial charge is 0.493 e. The Morgan fingerprint density at radius 3 is 2.55 bits per heavy atom. The predicted molar refractivity (Wildman–Crippen MR) is 126 cm³/mol. The molecule has 1 amide bonds. The van der Waals surface area contributed by atoms with Crippen molar-refractivity contribution in [3.05, 3.63) is 50.7 Å². The smallest absolute Gasteiger partial charge is 0.330 e. The van der Waals surface area contributed by atoms with E-state index in [1.807, 2.05) is 39.0 Å². The van der Waals surface area contributed by atoms with Crippen LogP contribution in [0.25, 0.3) is 0 Å². The number of aryl methyl sites for hydroxylation is 1. The first-order valence-corrected chi connectivity index (χ1v) is 11.1. The van der Waals surface area contributed by atoms with E-state index in [9.17, 15) is 19.2 Å². The molecule has 0 aliphatic rings. The third-order valence-corrected chi connectivity index (χ3v) is 4.98. The van der Waals surface area contributed by atoms with Crippen LogP contribution < -0.4 is 26.6 Å². The summed E-state index contributed by atoms with van der Waals surface area (Å²) < 4.78 is 11.9. The summed E-state index contributed by atoms with van der Waals surface area (Å²) in [5, 5.41) is 0. The van der Waals surface area contributed by atoms with Gasteiger partial charge in [0.25, 0.3) is 11.5 Å². The number of nitrogens with one attached hydrogen (secondary N) is 1. The van der Waals surface area contributed by atoms with Crippen molar-refractivity contribution in [2.75, 3.05) is 30.4 Å². The minimum absolute atomic E-state index is 0.0410. The molecule has 0 atom stereocenters. The Morgan fingerprint density at radius 1 is 1.15 bits per heavy atom. The van der Waals surface area contributed by atoms with Crippen LogP contribution in [0.4, 0.5) is 11.5 Å². The van der Waals surface area contributed by atoms with E-state index < -0.39 is 29.7 Å². The van der Waals surface area contributed by atoms with Gasteiger partial charge in [-0.2, -0.15) is 0 Å². The normalized spacial score (nSPS) is 10.6. The van der Waals surface area contributed by atoms with Gasteiger partial charge >= 0.3 is 11.7 Å². The molecule has 2 rings (SSSR count). The number of hydrogen-bond donors (Lipinski definition) is 2. The second-order valence-corrected chi connectivity index (χ2v) is 7.57. The second kappa shape index (κ2) is 12.5. The summed E-state index contributed by atoms with van der Waals surface area (Å²) in [6.07, 6.45) is 1.92. The summed E-state index contributed by atoms with van der Waals surface area (Å²) in [5.74, 6) is -0.627. The van der Waals surface area contributed by atoms with E-state index in [0.29, 0.717) is 25.1 Å². The van der Waals surface area contributed by atoms with Crippen molar-refractivity contribution in [3.63, 3.8) is 0 Å². The molecule has 10 nitrogen and oxygen atoms in total. The van der Waals surface area contributed by atoms with Gasteiger partial charge in [0.1, 0.15) is 11.6 Å². The van der Waals surface area contributed by atoms with Crippen LogP contribution in [0.1, 0.15) is 45.1 Å². The molecular formula is C23H32N4O6. The quantitative estimate of drug-likeness (QED) is 0.462. The van der Waals surface area contributed by atoms with E-state index in [1.54, 1.807) is 6.07 Å². The molecule has 1 aromatic heterocycles. The zero-order valence-electron chi connectivity index (χ0n) is 19.4. The van der Waals surface area contributed by atoms with Crippen molar-refractivity contribution in [1.82, 2.24) is 9.55 Å². The SMILES string of the molecule is CCCCN(C(=O)COC(=O)CCOc1ccccc1C)c1c(N)n(CCC)c(=O)[nH]c1=O. The highest BCUT2D eigenvalue weighted by Crippen LogP contribution is 2.18. The number of anilines is 2. The van der Waals surface area contributed by atoms with Crippen LogP contribution in [0, 0.1) is 6.92 Å². The molecule has 0 spiro atoms. The Labute approximate surface area is 192 Å². The van der Waals surface area contributed by atoms with E-state index in [1.165, 1.54) is 9.47 Å². The highest BCUT2D eigenvalue weighted by molar-refractivity contribution is 5.97. The Balaban J connectivity index is 2.07. The molecule has 33 heavy (non-hydrogen) atoms. The van der Waals surface area contributed by atoms with Crippen LogP contribution in [-0.2, 0) is 20.9 Å². The number of amides is 1. The summed E-state index contributed by atoms with van der Waals surface area (Å²) >= 11 is 0. The van der Waals surface area contributed by atoms with E-state index >= 15 is 0 Å². The average Bonchev–Trinajstić information content (AvgIpc) is 2.78. The Hall–Kier alpha value is -3.56. The average molecular weight is 461 g/mol. The fourth-order valence-corrected chi connectivity index (χ4v) is 3.22. The maximum Gasteiger partial charge on any atom is 0.330 e. The highest BCUT2D eigenvalue weighted by atomic mass is 16.5. The lowest BCUT2D eigenvalue weighted by atomic mass is 10.2. The number of para-hydroxylation sites is 1. The molecule has 0 radical (unpaired) electrons. The number of nitrogen functional groups attached to an aromatic ring is 1. The fraction of sp³-hybridized carbons (Fsp3) is 0.478. The maximum atomic E-state index is 12.9. The summed E-state index contributed by atoms with van der Waals surface area (Å²) in [5.41, 5.74) is 5.54. The van der Waals surface area contributed by atoms with Gasteiger partial charge in [0.05, 0.1) is 13.0 Å². The molecule has 0 saturated heterocycles. The monoisotopic (exact) mass is 460 g/mol. The third-order valence-electron chi connectivity index (χ3n) is 4.98. The van der Waals surface area contributed by atoms with Gasteiger partial charge in [0.15, 0.2) is 12.3 Å². The molecule has 0 aliphatic carbocycles. The number of aromatic amines is 1. The minimum Gasteiger partial charge on any atom is -0.493 e. The molecule has 0 saturated carbocycles. The molecule has 1 heterocycles. The Kier molecular flexibility index (Phi) is 9.71. The zero-order chi connectivity index (χ0) is 24.4. The van der Waals surface area contributed by atoms with Crippen molar-refractivity contribution in [2.45, 2.75) is 53.0 Å². The molecule has 1 aromatic carbocycles. The number of unbranched alkanes of at least 4 members (excludes halogenated alkanes) is 1. The van der Waals surface area contributed by atoms with Gasteiger partial charge < -0.3 is 20.1 Å². The first-order chi connectivity index (χ1) is 15.8. The van der Waals surface area contributed by atoms with Crippen molar-refractivity contribution >= 4 is 23.4 Å². The van der Waals surface area contributed by atoms with Gasteiger partial charge in [-0.1, -0.05) is 38.5 Å². The molecule has 180 valence electrons. The number of nitrogens with two attached hydrogens (primary N) is 1. The number of nitrogens with zero attached hydrogens (tertiary/aromatic N) is 2. The summed E-state index contributed by atoms with van der Waals surface area (Å²) in [6.45, 7) is 5.72. The van der Waals surface area contributed by atoms with Gasteiger partial charge in [-0.25, -0.2) is 4.79 Å². The molecule has 0 fully saturated rings. The molecule has 0 unspecified atom stereocenters. The van der Waals surface area contributed by atoms with Gasteiger partial charge in [-0.3, -0.25) is 23.9 Å². The number of rotatable bonds is 12. The summed E-state index contributed by atoms with van der Waals surface area (Å²) in [6, 6.07) is 7.42. The van der Waals surface area contributed by atoms with Crippen LogP contribution in [0.3, 0.4) is 0 Å². The molecular weight excluding hydrogens is 428 g/mol. The number of aromatic nitrogens is 2. The van der Waals surface area contributed by atoms with Crippen molar-refractivity contribution in [3.8, 4) is 5.75 Å². The van der Waals surface area contributed by atoms with Crippen LogP contribution >= 0.6 is 0 Å². The lowest BCUT2D eigenvalue weighted by molar-refractivity contribution is -0.148. The number of H-pyrrole nitrogens is 1. The van der Waals surface area contributed by atoms with Crippen LogP contribution in [0.2, 0.25) is 0 Å². The van der Waals surface area contributed by atoms with Crippen LogP contribution in [0.15, 0.2) is 33.9 Å². The Bertz CT molecular complexity index is 1080. The van der Waals surface area contributed by atoms with E-state index in [0.717, 1.165) is 12.0 Å². The standard InChI is InChI=1S/C23H32N4O6/c1-4-6-13-26(20-21(24)27(12-5-2)23(31)25-22(20)30)18(28)15-33-19(29)11-14-32-17-10-8-7-9-16(17)3/h7-10H,4-6,11-15,24H2,1-3H3,(H,25,30,31). The number of benzene rings is 1. The summed E-state index contributed by atoms with van der Waals surface area (Å²) in [4.78, 5) is 53.0. The number of carbonyl (C=O) groups excluding carboxylic acids is 2. The number of hydrogen-bond acceptors (Lipinski definition) is 7.